The van der Waals surface area contributed by atoms with Gasteiger partial charge in [0.2, 0.25) is 0 Å². The van der Waals surface area contributed by atoms with Crippen LogP contribution in [0.3, 0.4) is 0 Å². The van der Waals surface area contributed by atoms with Gasteiger partial charge in [0.1, 0.15) is 11.5 Å². The lowest BCUT2D eigenvalue weighted by atomic mass is 10.1. The first-order valence-electron chi connectivity index (χ1n) is 9.23. The molecule has 26 heavy (non-hydrogen) atoms. The van der Waals surface area contributed by atoms with E-state index in [4.69, 9.17) is 9.47 Å². The van der Waals surface area contributed by atoms with Gasteiger partial charge in [-0.05, 0) is 74.2 Å². The summed E-state index contributed by atoms with van der Waals surface area (Å²) in [6.07, 6.45) is 3.41. The highest BCUT2D eigenvalue weighted by atomic mass is 16.5. The van der Waals surface area contributed by atoms with Gasteiger partial charge in [-0.3, -0.25) is 4.79 Å². The van der Waals surface area contributed by atoms with Crippen LogP contribution in [0.4, 0.5) is 5.69 Å². The van der Waals surface area contributed by atoms with Gasteiger partial charge in [-0.2, -0.15) is 0 Å². The predicted octanol–water partition coefficient (Wildman–Crippen LogP) is 5.20. The number of anilines is 1. The Morgan fingerprint density at radius 2 is 1.73 bits per heavy atom. The minimum absolute atomic E-state index is 0.0149. The van der Waals surface area contributed by atoms with Gasteiger partial charge < -0.3 is 14.8 Å². The summed E-state index contributed by atoms with van der Waals surface area (Å²) < 4.78 is 11.4. The summed E-state index contributed by atoms with van der Waals surface area (Å²) in [4.78, 5) is 12.1. The first kappa shape index (κ1) is 19.8. The molecule has 4 nitrogen and oxygen atoms in total. The zero-order valence-corrected chi connectivity index (χ0v) is 16.2. The molecule has 0 aliphatic heterocycles. The average Bonchev–Trinajstić information content (AvgIpc) is 2.62. The third-order valence-electron chi connectivity index (χ3n) is 4.28. The molecule has 0 radical (unpaired) electrons. The van der Waals surface area contributed by atoms with Crippen LogP contribution in [-0.4, -0.2) is 19.1 Å². The number of carbonyl (C=O) groups excluding carboxylic acids is 1. The van der Waals surface area contributed by atoms with E-state index in [-0.39, 0.29) is 12.5 Å². The van der Waals surface area contributed by atoms with Gasteiger partial charge in [0.25, 0.3) is 5.91 Å². The van der Waals surface area contributed by atoms with E-state index in [0.717, 1.165) is 46.9 Å². The summed E-state index contributed by atoms with van der Waals surface area (Å²) in [5.41, 5.74) is 4.08. The largest absolute Gasteiger partial charge is 0.494 e. The Bertz CT molecular complexity index is 723. The SMILES string of the molecule is CCCCCOc1ccc(NC(=O)COc2cc(C)cc(C)c2C)cc1. The van der Waals surface area contributed by atoms with Crippen LogP contribution in [0.5, 0.6) is 11.5 Å². The molecule has 0 aliphatic carbocycles. The fourth-order valence-electron chi connectivity index (χ4n) is 2.67. The van der Waals surface area contributed by atoms with Crippen molar-refractivity contribution in [1.29, 1.82) is 0 Å². The van der Waals surface area contributed by atoms with Crippen LogP contribution in [0, 0.1) is 20.8 Å². The van der Waals surface area contributed by atoms with Crippen LogP contribution < -0.4 is 14.8 Å². The van der Waals surface area contributed by atoms with Crippen LogP contribution in [0.15, 0.2) is 36.4 Å². The molecular weight excluding hydrogens is 326 g/mol. The molecule has 1 amide bonds. The molecule has 2 rings (SSSR count). The highest BCUT2D eigenvalue weighted by molar-refractivity contribution is 5.91. The Balaban J connectivity index is 1.82. The molecule has 0 atom stereocenters. The van der Waals surface area contributed by atoms with Crippen molar-refractivity contribution in [2.24, 2.45) is 0 Å². The molecule has 2 aromatic rings. The summed E-state index contributed by atoms with van der Waals surface area (Å²) in [6.45, 7) is 8.94. The predicted molar refractivity (Wildman–Crippen MR) is 106 cm³/mol. The van der Waals surface area contributed by atoms with Gasteiger partial charge in [0.05, 0.1) is 6.61 Å². The van der Waals surface area contributed by atoms with Crippen molar-refractivity contribution in [2.45, 2.75) is 47.0 Å². The lowest BCUT2D eigenvalue weighted by molar-refractivity contribution is -0.118. The smallest absolute Gasteiger partial charge is 0.262 e. The molecule has 0 fully saturated rings. The average molecular weight is 355 g/mol. The zero-order chi connectivity index (χ0) is 18.9. The Hall–Kier alpha value is -2.49. The number of ether oxygens (including phenoxy) is 2. The van der Waals surface area contributed by atoms with E-state index in [1.165, 1.54) is 12.8 Å². The molecule has 0 saturated heterocycles. The van der Waals surface area contributed by atoms with E-state index in [0.29, 0.717) is 0 Å². The van der Waals surface area contributed by atoms with E-state index in [1.54, 1.807) is 0 Å². The van der Waals surface area contributed by atoms with Gasteiger partial charge in [0.15, 0.2) is 6.61 Å². The van der Waals surface area contributed by atoms with Crippen molar-refractivity contribution in [3.05, 3.63) is 53.1 Å². The van der Waals surface area contributed by atoms with Crippen molar-refractivity contribution < 1.29 is 14.3 Å². The van der Waals surface area contributed by atoms with Gasteiger partial charge in [-0.15, -0.1) is 0 Å². The normalized spacial score (nSPS) is 10.5. The maximum Gasteiger partial charge on any atom is 0.262 e. The summed E-state index contributed by atoms with van der Waals surface area (Å²) in [6, 6.07) is 11.5. The topological polar surface area (TPSA) is 47.6 Å². The molecule has 4 heteroatoms. The fraction of sp³-hybridized carbons (Fsp3) is 0.409. The van der Waals surface area contributed by atoms with E-state index >= 15 is 0 Å². The molecule has 2 aromatic carbocycles. The van der Waals surface area contributed by atoms with Gasteiger partial charge in [0, 0.05) is 5.69 Å². The highest BCUT2D eigenvalue weighted by Gasteiger charge is 2.08. The Kier molecular flexibility index (Phi) is 7.52. The number of aryl methyl sites for hydroxylation is 2. The second-order valence-corrected chi connectivity index (χ2v) is 6.62. The molecule has 0 spiro atoms. The second-order valence-electron chi connectivity index (χ2n) is 6.62. The standard InChI is InChI=1S/C22H29NO3/c1-5-6-7-12-25-20-10-8-19(9-11-20)23-22(24)15-26-21-14-16(2)13-17(3)18(21)4/h8-11,13-14H,5-7,12,15H2,1-4H3,(H,23,24). The first-order valence-corrected chi connectivity index (χ1v) is 9.23. The fourth-order valence-corrected chi connectivity index (χ4v) is 2.67. The Morgan fingerprint density at radius 3 is 2.42 bits per heavy atom. The quantitative estimate of drug-likeness (QED) is 0.629. The van der Waals surface area contributed by atoms with E-state index in [9.17, 15) is 4.79 Å². The van der Waals surface area contributed by atoms with E-state index in [2.05, 4.69) is 18.3 Å². The molecule has 0 unspecified atom stereocenters. The minimum atomic E-state index is -0.180. The molecule has 1 N–H and O–H groups in total. The number of rotatable bonds is 9. The maximum absolute atomic E-state index is 12.1. The molecular formula is C22H29NO3. The zero-order valence-electron chi connectivity index (χ0n) is 16.2. The van der Waals surface area contributed by atoms with Crippen molar-refractivity contribution >= 4 is 11.6 Å². The van der Waals surface area contributed by atoms with Crippen molar-refractivity contribution in [3.8, 4) is 11.5 Å². The lowest BCUT2D eigenvalue weighted by Crippen LogP contribution is -2.20. The summed E-state index contributed by atoms with van der Waals surface area (Å²) in [7, 11) is 0. The molecule has 0 heterocycles. The molecule has 0 saturated carbocycles. The highest BCUT2D eigenvalue weighted by Crippen LogP contribution is 2.23. The molecule has 0 bridgehead atoms. The van der Waals surface area contributed by atoms with Crippen LogP contribution in [0.1, 0.15) is 42.9 Å². The van der Waals surface area contributed by atoms with Gasteiger partial charge in [-0.1, -0.05) is 25.8 Å². The van der Waals surface area contributed by atoms with Gasteiger partial charge >= 0.3 is 0 Å². The number of nitrogens with one attached hydrogen (secondary N) is 1. The lowest BCUT2D eigenvalue weighted by Gasteiger charge is -2.12. The number of carbonyl (C=O) groups is 1. The molecule has 140 valence electrons. The first-order chi connectivity index (χ1) is 12.5. The Morgan fingerprint density at radius 1 is 1.00 bits per heavy atom. The van der Waals surface area contributed by atoms with E-state index in [1.807, 2.05) is 51.1 Å². The number of unbranched alkanes of at least 4 members (excludes halogenated alkanes) is 2. The van der Waals surface area contributed by atoms with Crippen molar-refractivity contribution in [2.75, 3.05) is 18.5 Å². The van der Waals surface area contributed by atoms with Crippen LogP contribution >= 0.6 is 0 Å². The minimum Gasteiger partial charge on any atom is -0.494 e. The molecule has 0 aliphatic rings. The third kappa shape index (κ3) is 6.10. The van der Waals surface area contributed by atoms with E-state index < -0.39 is 0 Å². The maximum atomic E-state index is 12.1. The number of benzene rings is 2. The van der Waals surface area contributed by atoms with Crippen LogP contribution in [-0.2, 0) is 4.79 Å². The number of amides is 1. The number of hydrogen-bond acceptors (Lipinski definition) is 3. The third-order valence-corrected chi connectivity index (χ3v) is 4.28. The van der Waals surface area contributed by atoms with Gasteiger partial charge in [-0.25, -0.2) is 0 Å². The van der Waals surface area contributed by atoms with Crippen molar-refractivity contribution in [1.82, 2.24) is 0 Å². The van der Waals surface area contributed by atoms with Crippen LogP contribution in [0.25, 0.3) is 0 Å². The number of hydrogen-bond donors (Lipinski definition) is 1. The molecule has 0 aromatic heterocycles. The summed E-state index contributed by atoms with van der Waals surface area (Å²) in [5, 5.41) is 2.84. The van der Waals surface area contributed by atoms with Crippen LogP contribution in [0.2, 0.25) is 0 Å². The second kappa shape index (κ2) is 9.85. The monoisotopic (exact) mass is 355 g/mol. The van der Waals surface area contributed by atoms with Crippen molar-refractivity contribution in [3.63, 3.8) is 0 Å². The Labute approximate surface area is 156 Å². The summed E-state index contributed by atoms with van der Waals surface area (Å²) in [5.74, 6) is 1.40. The summed E-state index contributed by atoms with van der Waals surface area (Å²) >= 11 is 0.